The number of hydrogen-bond donors (Lipinski definition) is 1. The Bertz CT molecular complexity index is 500. The zero-order valence-electron chi connectivity index (χ0n) is 9.46. The standard InChI is InChI=1S/C13H10OS2.Na/c14-9-10-6-7-12(15)13(8-10)16-11-4-2-1-3-5-11;/h1-9,15H;/q;+1. The topological polar surface area (TPSA) is 17.1 Å². The molecule has 0 atom stereocenters. The average molecular weight is 269 g/mol. The maximum atomic E-state index is 10.7. The van der Waals surface area contributed by atoms with Gasteiger partial charge in [-0.1, -0.05) is 36.0 Å². The first-order valence-electron chi connectivity index (χ1n) is 4.80. The van der Waals surface area contributed by atoms with Gasteiger partial charge in [0.2, 0.25) is 0 Å². The van der Waals surface area contributed by atoms with Crippen LogP contribution in [-0.2, 0) is 0 Å². The van der Waals surface area contributed by atoms with Gasteiger partial charge < -0.3 is 0 Å². The van der Waals surface area contributed by atoms with E-state index in [9.17, 15) is 4.79 Å². The van der Waals surface area contributed by atoms with Crippen molar-refractivity contribution in [3.05, 3.63) is 54.1 Å². The van der Waals surface area contributed by atoms with Gasteiger partial charge in [-0.2, -0.15) is 0 Å². The summed E-state index contributed by atoms with van der Waals surface area (Å²) in [6, 6.07) is 15.5. The monoisotopic (exact) mass is 269 g/mol. The van der Waals surface area contributed by atoms with Gasteiger partial charge in [0.05, 0.1) is 0 Å². The number of carbonyl (C=O) groups excluding carboxylic acids is 1. The molecule has 80 valence electrons. The van der Waals surface area contributed by atoms with E-state index in [0.29, 0.717) is 5.56 Å². The molecule has 0 bridgehead atoms. The normalized spacial score (nSPS) is 9.47. The van der Waals surface area contributed by atoms with Crippen LogP contribution in [0, 0.1) is 0 Å². The third kappa shape index (κ3) is 4.19. The molecule has 0 saturated carbocycles. The van der Waals surface area contributed by atoms with Crippen LogP contribution in [-0.4, -0.2) is 6.29 Å². The summed E-state index contributed by atoms with van der Waals surface area (Å²) in [6.45, 7) is 0. The number of aldehydes is 1. The number of rotatable bonds is 3. The fourth-order valence-corrected chi connectivity index (χ4v) is 2.49. The van der Waals surface area contributed by atoms with Gasteiger partial charge in [0.25, 0.3) is 0 Å². The van der Waals surface area contributed by atoms with Crippen molar-refractivity contribution in [2.75, 3.05) is 0 Å². The van der Waals surface area contributed by atoms with Crippen molar-refractivity contribution in [3.8, 4) is 0 Å². The minimum atomic E-state index is 0. The quantitative estimate of drug-likeness (QED) is 0.507. The Hall–Kier alpha value is -0.190. The first kappa shape index (κ1) is 14.9. The van der Waals surface area contributed by atoms with Crippen molar-refractivity contribution in [1.29, 1.82) is 0 Å². The molecule has 0 heterocycles. The van der Waals surface area contributed by atoms with Crippen LogP contribution < -0.4 is 29.6 Å². The minimum absolute atomic E-state index is 0. The Labute approximate surface area is 133 Å². The van der Waals surface area contributed by atoms with Crippen molar-refractivity contribution in [3.63, 3.8) is 0 Å². The average Bonchev–Trinajstić information content (AvgIpc) is 2.33. The Balaban J connectivity index is 0.00000144. The van der Waals surface area contributed by atoms with E-state index in [4.69, 9.17) is 0 Å². The first-order valence-corrected chi connectivity index (χ1v) is 6.07. The molecule has 0 N–H and O–H groups in total. The predicted octanol–water partition coefficient (Wildman–Crippen LogP) is 0.943. The van der Waals surface area contributed by atoms with Crippen LogP contribution in [0.15, 0.2) is 63.2 Å². The molecule has 1 nitrogen and oxygen atoms in total. The molecule has 17 heavy (non-hydrogen) atoms. The molecule has 0 aliphatic carbocycles. The fourth-order valence-electron chi connectivity index (χ4n) is 1.30. The third-order valence-electron chi connectivity index (χ3n) is 2.09. The molecule has 4 heteroatoms. The van der Waals surface area contributed by atoms with Gasteiger partial charge in [-0.15, -0.1) is 12.6 Å². The van der Waals surface area contributed by atoms with E-state index < -0.39 is 0 Å². The van der Waals surface area contributed by atoms with Gasteiger partial charge in [-0.3, -0.25) is 4.79 Å². The molecule has 0 unspecified atom stereocenters. The number of benzene rings is 2. The third-order valence-corrected chi connectivity index (χ3v) is 3.70. The molecule has 0 radical (unpaired) electrons. The Kier molecular flexibility index (Phi) is 6.38. The van der Waals surface area contributed by atoms with E-state index in [1.54, 1.807) is 17.8 Å². The Morgan fingerprint density at radius 2 is 1.76 bits per heavy atom. The molecule has 0 aliphatic rings. The van der Waals surface area contributed by atoms with Gasteiger partial charge in [0, 0.05) is 20.2 Å². The molecule has 0 amide bonds. The van der Waals surface area contributed by atoms with E-state index in [1.807, 2.05) is 42.5 Å². The second-order valence-electron chi connectivity index (χ2n) is 3.26. The molecule has 2 rings (SSSR count). The van der Waals surface area contributed by atoms with Crippen LogP contribution in [0.4, 0.5) is 0 Å². The summed E-state index contributed by atoms with van der Waals surface area (Å²) in [5.41, 5.74) is 0.677. The van der Waals surface area contributed by atoms with E-state index >= 15 is 0 Å². The van der Waals surface area contributed by atoms with E-state index in [0.717, 1.165) is 21.0 Å². The summed E-state index contributed by atoms with van der Waals surface area (Å²) >= 11 is 5.99. The summed E-state index contributed by atoms with van der Waals surface area (Å²) in [4.78, 5) is 13.7. The van der Waals surface area contributed by atoms with E-state index in [1.165, 1.54) is 0 Å². The fraction of sp³-hybridized carbons (Fsp3) is 0. The smallest absolute Gasteiger partial charge is 0.298 e. The molecule has 0 spiro atoms. The summed E-state index contributed by atoms with van der Waals surface area (Å²) in [7, 11) is 0. The maximum Gasteiger partial charge on any atom is 1.00 e. The van der Waals surface area contributed by atoms with Crippen LogP contribution in [0.5, 0.6) is 0 Å². The van der Waals surface area contributed by atoms with Crippen LogP contribution in [0.25, 0.3) is 0 Å². The maximum absolute atomic E-state index is 10.7. The second kappa shape index (κ2) is 7.29. The molecule has 0 aliphatic heterocycles. The van der Waals surface area contributed by atoms with E-state index in [-0.39, 0.29) is 29.6 Å². The van der Waals surface area contributed by atoms with Crippen molar-refractivity contribution in [2.45, 2.75) is 14.7 Å². The Morgan fingerprint density at radius 1 is 1.06 bits per heavy atom. The largest absolute Gasteiger partial charge is 1.00 e. The molecule has 2 aromatic rings. The summed E-state index contributed by atoms with van der Waals surface area (Å²) < 4.78 is 0. The van der Waals surface area contributed by atoms with Crippen molar-refractivity contribution in [2.24, 2.45) is 0 Å². The van der Waals surface area contributed by atoms with Crippen LogP contribution in [0.1, 0.15) is 10.4 Å². The predicted molar refractivity (Wildman–Crippen MR) is 69.6 cm³/mol. The van der Waals surface area contributed by atoms with Gasteiger partial charge in [0.15, 0.2) is 0 Å². The zero-order chi connectivity index (χ0) is 11.4. The van der Waals surface area contributed by atoms with Crippen molar-refractivity contribution >= 4 is 30.7 Å². The molecule has 0 saturated heterocycles. The molecule has 0 aromatic heterocycles. The van der Waals surface area contributed by atoms with Crippen LogP contribution in [0.3, 0.4) is 0 Å². The number of carbonyl (C=O) groups is 1. The Morgan fingerprint density at radius 3 is 2.41 bits per heavy atom. The van der Waals surface area contributed by atoms with Gasteiger partial charge >= 0.3 is 29.6 Å². The first-order chi connectivity index (χ1) is 7.79. The second-order valence-corrected chi connectivity index (χ2v) is 4.86. The zero-order valence-corrected chi connectivity index (χ0v) is 13.2. The minimum Gasteiger partial charge on any atom is -0.298 e. The van der Waals surface area contributed by atoms with Crippen LogP contribution in [0.2, 0.25) is 0 Å². The summed E-state index contributed by atoms with van der Waals surface area (Å²) in [5, 5.41) is 0. The molecule has 0 fully saturated rings. The molecule has 2 aromatic carbocycles. The van der Waals surface area contributed by atoms with Crippen LogP contribution >= 0.6 is 24.4 Å². The number of thiol groups is 1. The molecular weight excluding hydrogens is 259 g/mol. The summed E-state index contributed by atoms with van der Waals surface area (Å²) in [6.07, 6.45) is 0.849. The van der Waals surface area contributed by atoms with Gasteiger partial charge in [-0.05, 0) is 24.3 Å². The number of hydrogen-bond acceptors (Lipinski definition) is 3. The van der Waals surface area contributed by atoms with Crippen molar-refractivity contribution in [1.82, 2.24) is 0 Å². The SMILES string of the molecule is O=Cc1ccc(S)c(Sc2ccccc2)c1.[Na+]. The van der Waals surface area contributed by atoms with Gasteiger partial charge in [-0.25, -0.2) is 0 Å². The van der Waals surface area contributed by atoms with Gasteiger partial charge in [0.1, 0.15) is 6.29 Å². The van der Waals surface area contributed by atoms with Crippen molar-refractivity contribution < 1.29 is 34.4 Å². The summed E-state index contributed by atoms with van der Waals surface area (Å²) in [5.74, 6) is 0. The molecular formula is C13H10NaOS2+. The van der Waals surface area contributed by atoms with E-state index in [2.05, 4.69) is 12.6 Å².